The van der Waals surface area contributed by atoms with Crippen LogP contribution < -0.4 is 10.1 Å². The molecule has 0 saturated carbocycles. The fourth-order valence-electron chi connectivity index (χ4n) is 2.24. The van der Waals surface area contributed by atoms with E-state index in [1.165, 1.54) is 12.1 Å². The second-order valence-corrected chi connectivity index (χ2v) is 5.54. The van der Waals surface area contributed by atoms with Crippen molar-refractivity contribution in [3.05, 3.63) is 65.5 Å². The maximum Gasteiger partial charge on any atom is 0.258 e. The molecule has 0 radical (unpaired) electrons. The lowest BCUT2D eigenvalue weighted by molar-refractivity contribution is -0.123. The van der Waals surface area contributed by atoms with Gasteiger partial charge in [-0.15, -0.1) is 0 Å². The Morgan fingerprint density at radius 1 is 1.17 bits per heavy atom. The first-order chi connectivity index (χ1) is 11.1. The Morgan fingerprint density at radius 2 is 1.87 bits per heavy atom. The summed E-state index contributed by atoms with van der Waals surface area (Å²) in [6.07, 6.45) is 1.01. The summed E-state index contributed by atoms with van der Waals surface area (Å²) in [5.74, 6) is 0.644. The molecule has 0 aliphatic rings. The van der Waals surface area contributed by atoms with Crippen molar-refractivity contribution in [2.75, 3.05) is 6.61 Å². The monoisotopic (exact) mass is 315 g/mol. The minimum absolute atomic E-state index is 0.0331. The molecule has 0 aromatic heterocycles. The number of ether oxygens (including phenoxy) is 1. The number of nitrogens with one attached hydrogen (secondary N) is 1. The Labute approximate surface area is 136 Å². The van der Waals surface area contributed by atoms with Gasteiger partial charge in [0.05, 0.1) is 0 Å². The van der Waals surface area contributed by atoms with Crippen molar-refractivity contribution in [1.82, 2.24) is 5.32 Å². The highest BCUT2D eigenvalue weighted by molar-refractivity contribution is 5.77. The molecule has 0 heterocycles. The maximum atomic E-state index is 12.8. The van der Waals surface area contributed by atoms with Gasteiger partial charge in [-0.1, -0.05) is 44.2 Å². The van der Waals surface area contributed by atoms with E-state index < -0.39 is 0 Å². The largest absolute Gasteiger partial charge is 0.483 e. The molecule has 1 amide bonds. The molecule has 3 nitrogen and oxygen atoms in total. The molecule has 1 unspecified atom stereocenters. The average molecular weight is 315 g/mol. The van der Waals surface area contributed by atoms with Crippen LogP contribution in [0.2, 0.25) is 0 Å². The van der Waals surface area contributed by atoms with E-state index in [1.54, 1.807) is 12.1 Å². The summed E-state index contributed by atoms with van der Waals surface area (Å²) in [6.45, 7) is 4.58. The van der Waals surface area contributed by atoms with Crippen LogP contribution in [0.15, 0.2) is 48.5 Å². The summed E-state index contributed by atoms with van der Waals surface area (Å²) in [4.78, 5) is 11.9. The normalized spacial score (nSPS) is 11.8. The van der Waals surface area contributed by atoms with E-state index in [0.717, 1.165) is 23.3 Å². The van der Waals surface area contributed by atoms with E-state index in [-0.39, 0.29) is 18.3 Å². The fraction of sp³-hybridized carbons (Fsp3) is 0.316. The third-order valence-corrected chi connectivity index (χ3v) is 3.82. The lowest BCUT2D eigenvalue weighted by Crippen LogP contribution is -2.28. The van der Waals surface area contributed by atoms with Crippen LogP contribution in [-0.4, -0.2) is 12.5 Å². The molecule has 4 heteroatoms. The first kappa shape index (κ1) is 17.0. The summed E-state index contributed by atoms with van der Waals surface area (Å²) >= 11 is 0. The van der Waals surface area contributed by atoms with Gasteiger partial charge in [-0.25, -0.2) is 4.39 Å². The molecule has 0 bridgehead atoms. The Bertz CT molecular complexity index is 640. The average Bonchev–Trinajstić information content (AvgIpc) is 2.59. The Hall–Kier alpha value is -2.36. The number of hydrogen-bond donors (Lipinski definition) is 1. The zero-order valence-electron chi connectivity index (χ0n) is 13.5. The van der Waals surface area contributed by atoms with Crippen molar-refractivity contribution in [2.45, 2.75) is 32.7 Å². The third-order valence-electron chi connectivity index (χ3n) is 3.82. The molecule has 1 atom stereocenters. The van der Waals surface area contributed by atoms with Crippen LogP contribution in [0.5, 0.6) is 5.75 Å². The van der Waals surface area contributed by atoms with E-state index >= 15 is 0 Å². The highest BCUT2D eigenvalue weighted by atomic mass is 19.1. The van der Waals surface area contributed by atoms with Gasteiger partial charge in [0.1, 0.15) is 11.6 Å². The molecule has 0 saturated heterocycles. The lowest BCUT2D eigenvalue weighted by Gasteiger charge is -2.15. The van der Waals surface area contributed by atoms with Crippen LogP contribution in [0.25, 0.3) is 0 Å². The zero-order chi connectivity index (χ0) is 16.7. The molecule has 2 aromatic carbocycles. The van der Waals surface area contributed by atoms with Gasteiger partial charge in [-0.3, -0.25) is 4.79 Å². The van der Waals surface area contributed by atoms with Crippen LogP contribution in [0, 0.1) is 5.82 Å². The smallest absolute Gasteiger partial charge is 0.258 e. The maximum absolute atomic E-state index is 12.8. The molecule has 0 aliphatic carbocycles. The number of benzene rings is 2. The fourth-order valence-corrected chi connectivity index (χ4v) is 2.24. The summed E-state index contributed by atoms with van der Waals surface area (Å²) in [5.41, 5.74) is 1.96. The lowest BCUT2D eigenvalue weighted by atomic mass is 9.98. The van der Waals surface area contributed by atoms with Gasteiger partial charge in [-0.2, -0.15) is 0 Å². The van der Waals surface area contributed by atoms with Gasteiger partial charge < -0.3 is 10.1 Å². The highest BCUT2D eigenvalue weighted by Gasteiger charge is 2.11. The Morgan fingerprint density at radius 3 is 2.57 bits per heavy atom. The van der Waals surface area contributed by atoms with E-state index in [1.807, 2.05) is 24.3 Å². The minimum Gasteiger partial charge on any atom is -0.483 e. The van der Waals surface area contributed by atoms with Crippen molar-refractivity contribution in [3.8, 4) is 5.75 Å². The molecule has 2 aromatic rings. The molecular weight excluding hydrogens is 293 g/mol. The number of hydrogen-bond acceptors (Lipinski definition) is 2. The molecule has 122 valence electrons. The quantitative estimate of drug-likeness (QED) is 0.837. The van der Waals surface area contributed by atoms with Gasteiger partial charge in [0.2, 0.25) is 0 Å². The standard InChI is InChI=1S/C19H22FNO2/c1-3-14(2)17-6-4-5-7-18(17)23-13-19(22)21-12-15-8-10-16(20)11-9-15/h4-11,14H,3,12-13H2,1-2H3,(H,21,22). The number of halogens is 1. The summed E-state index contributed by atoms with van der Waals surface area (Å²) in [6, 6.07) is 13.8. The van der Waals surface area contributed by atoms with Gasteiger partial charge in [0.15, 0.2) is 6.61 Å². The number of carbonyl (C=O) groups is 1. The highest BCUT2D eigenvalue weighted by Crippen LogP contribution is 2.28. The second kappa shape index (κ2) is 8.32. The number of para-hydroxylation sites is 1. The second-order valence-electron chi connectivity index (χ2n) is 5.54. The number of carbonyl (C=O) groups excluding carboxylic acids is 1. The van der Waals surface area contributed by atoms with Crippen LogP contribution in [0.1, 0.15) is 37.3 Å². The topological polar surface area (TPSA) is 38.3 Å². The molecule has 0 aliphatic heterocycles. The Balaban J connectivity index is 1.86. The van der Waals surface area contributed by atoms with Crippen molar-refractivity contribution in [3.63, 3.8) is 0 Å². The van der Waals surface area contributed by atoms with Gasteiger partial charge in [0.25, 0.3) is 5.91 Å². The zero-order valence-corrected chi connectivity index (χ0v) is 13.5. The van der Waals surface area contributed by atoms with Crippen molar-refractivity contribution < 1.29 is 13.9 Å². The first-order valence-corrected chi connectivity index (χ1v) is 7.83. The van der Waals surface area contributed by atoms with E-state index in [2.05, 4.69) is 19.2 Å². The van der Waals surface area contributed by atoms with E-state index in [9.17, 15) is 9.18 Å². The van der Waals surface area contributed by atoms with Crippen LogP contribution in [0.3, 0.4) is 0 Å². The molecule has 0 fully saturated rings. The summed E-state index contributed by atoms with van der Waals surface area (Å²) in [5, 5.41) is 2.76. The van der Waals surface area contributed by atoms with Gasteiger partial charge in [-0.05, 0) is 41.7 Å². The molecule has 2 rings (SSSR count). The van der Waals surface area contributed by atoms with Crippen molar-refractivity contribution >= 4 is 5.91 Å². The molecular formula is C19H22FNO2. The first-order valence-electron chi connectivity index (χ1n) is 7.83. The SMILES string of the molecule is CCC(C)c1ccccc1OCC(=O)NCc1ccc(F)cc1. The number of rotatable bonds is 7. The summed E-state index contributed by atoms with van der Waals surface area (Å²) < 4.78 is 18.5. The predicted octanol–water partition coefficient (Wildman–Crippen LogP) is 4.03. The third kappa shape index (κ3) is 5.09. The van der Waals surface area contributed by atoms with Crippen molar-refractivity contribution in [2.24, 2.45) is 0 Å². The predicted molar refractivity (Wildman–Crippen MR) is 88.9 cm³/mol. The van der Waals surface area contributed by atoms with E-state index in [0.29, 0.717) is 12.5 Å². The molecule has 23 heavy (non-hydrogen) atoms. The van der Waals surface area contributed by atoms with E-state index in [4.69, 9.17) is 4.74 Å². The van der Waals surface area contributed by atoms with Crippen LogP contribution in [-0.2, 0) is 11.3 Å². The van der Waals surface area contributed by atoms with Gasteiger partial charge in [0, 0.05) is 6.54 Å². The summed E-state index contributed by atoms with van der Waals surface area (Å²) in [7, 11) is 0. The molecule has 0 spiro atoms. The minimum atomic E-state index is -0.287. The van der Waals surface area contributed by atoms with Crippen molar-refractivity contribution in [1.29, 1.82) is 0 Å². The number of amides is 1. The van der Waals surface area contributed by atoms with Gasteiger partial charge >= 0.3 is 0 Å². The Kier molecular flexibility index (Phi) is 6.15. The molecule has 1 N–H and O–H groups in total. The van der Waals surface area contributed by atoms with Crippen LogP contribution in [0.4, 0.5) is 4.39 Å². The van der Waals surface area contributed by atoms with Crippen LogP contribution >= 0.6 is 0 Å².